The molecule has 3 heteroatoms. The van der Waals surface area contributed by atoms with Crippen LogP contribution in [0.3, 0.4) is 0 Å². The number of nitriles is 1. The standard InChI is InChI=1S/C10H15NO2/c1-3-4-5-8(2)6-9(7-11)10(12)13/h6,8H,3-5H2,1-2H3,(H,12,13). The van der Waals surface area contributed by atoms with Gasteiger partial charge in [0.25, 0.3) is 0 Å². The van der Waals surface area contributed by atoms with Crippen molar-refractivity contribution in [1.82, 2.24) is 0 Å². The van der Waals surface area contributed by atoms with Crippen LogP contribution in [-0.4, -0.2) is 11.1 Å². The summed E-state index contributed by atoms with van der Waals surface area (Å²) in [5.74, 6) is -0.962. The number of carbonyl (C=O) groups is 1. The summed E-state index contributed by atoms with van der Waals surface area (Å²) >= 11 is 0. The first kappa shape index (κ1) is 11.7. The normalized spacial score (nSPS) is 13.5. The highest BCUT2D eigenvalue weighted by Gasteiger charge is 2.07. The molecule has 0 amide bonds. The van der Waals surface area contributed by atoms with Crippen molar-refractivity contribution in [2.75, 3.05) is 0 Å². The van der Waals surface area contributed by atoms with E-state index >= 15 is 0 Å². The van der Waals surface area contributed by atoms with Crippen LogP contribution in [0.2, 0.25) is 0 Å². The summed E-state index contributed by atoms with van der Waals surface area (Å²) in [5, 5.41) is 17.0. The summed E-state index contributed by atoms with van der Waals surface area (Å²) in [6, 6.07) is 1.67. The van der Waals surface area contributed by atoms with Crippen molar-refractivity contribution in [3.63, 3.8) is 0 Å². The van der Waals surface area contributed by atoms with Crippen LogP contribution in [0.1, 0.15) is 33.1 Å². The Kier molecular flexibility index (Phi) is 5.62. The van der Waals surface area contributed by atoms with E-state index in [1.165, 1.54) is 6.08 Å². The second kappa shape index (κ2) is 6.24. The average Bonchev–Trinajstić information content (AvgIpc) is 2.10. The number of rotatable bonds is 5. The fourth-order valence-corrected chi connectivity index (χ4v) is 1.05. The number of nitrogens with zero attached hydrogens (tertiary/aromatic N) is 1. The Morgan fingerprint density at radius 2 is 2.31 bits per heavy atom. The first-order chi connectivity index (χ1) is 6.11. The topological polar surface area (TPSA) is 61.1 Å². The molecule has 3 nitrogen and oxygen atoms in total. The lowest BCUT2D eigenvalue weighted by atomic mass is 10.0. The van der Waals surface area contributed by atoms with Gasteiger partial charge in [0, 0.05) is 0 Å². The molecule has 0 aromatic rings. The van der Waals surface area contributed by atoms with E-state index in [4.69, 9.17) is 10.4 Å². The van der Waals surface area contributed by atoms with Crippen LogP contribution in [0.5, 0.6) is 0 Å². The molecule has 0 aromatic heterocycles. The molecular weight excluding hydrogens is 166 g/mol. The molecule has 72 valence electrons. The van der Waals surface area contributed by atoms with Gasteiger partial charge in [0.15, 0.2) is 0 Å². The first-order valence-electron chi connectivity index (χ1n) is 4.47. The molecule has 0 spiro atoms. The highest BCUT2D eigenvalue weighted by atomic mass is 16.4. The zero-order valence-electron chi connectivity index (χ0n) is 8.08. The van der Waals surface area contributed by atoms with Crippen molar-refractivity contribution in [3.05, 3.63) is 11.6 Å². The van der Waals surface area contributed by atoms with Gasteiger partial charge in [-0.15, -0.1) is 0 Å². The molecule has 0 heterocycles. The third-order valence-corrected chi connectivity index (χ3v) is 1.82. The Morgan fingerprint density at radius 3 is 2.69 bits per heavy atom. The van der Waals surface area contributed by atoms with Crippen molar-refractivity contribution in [2.45, 2.75) is 33.1 Å². The maximum Gasteiger partial charge on any atom is 0.346 e. The van der Waals surface area contributed by atoms with E-state index in [1.54, 1.807) is 6.07 Å². The second-order valence-corrected chi connectivity index (χ2v) is 3.12. The summed E-state index contributed by atoms with van der Waals surface area (Å²) in [6.45, 7) is 4.01. The third kappa shape index (κ3) is 5.02. The number of aliphatic carboxylic acids is 1. The molecule has 0 bridgehead atoms. The number of hydrogen-bond acceptors (Lipinski definition) is 2. The molecule has 1 atom stereocenters. The number of unbranched alkanes of at least 4 members (excludes halogenated alkanes) is 1. The number of hydrogen-bond donors (Lipinski definition) is 1. The van der Waals surface area contributed by atoms with Crippen molar-refractivity contribution in [1.29, 1.82) is 5.26 Å². The molecule has 0 fully saturated rings. The zero-order chi connectivity index (χ0) is 10.3. The van der Waals surface area contributed by atoms with E-state index in [0.29, 0.717) is 0 Å². The largest absolute Gasteiger partial charge is 0.477 e. The van der Waals surface area contributed by atoms with Gasteiger partial charge in [0.2, 0.25) is 0 Å². The molecule has 13 heavy (non-hydrogen) atoms. The van der Waals surface area contributed by atoms with Gasteiger partial charge in [0.05, 0.1) is 0 Å². The van der Waals surface area contributed by atoms with Crippen molar-refractivity contribution in [2.24, 2.45) is 5.92 Å². The minimum Gasteiger partial charge on any atom is -0.477 e. The second-order valence-electron chi connectivity index (χ2n) is 3.12. The van der Waals surface area contributed by atoms with Crippen LogP contribution < -0.4 is 0 Å². The van der Waals surface area contributed by atoms with Crippen LogP contribution in [0.25, 0.3) is 0 Å². The molecule has 0 aliphatic rings. The van der Waals surface area contributed by atoms with E-state index < -0.39 is 5.97 Å². The Labute approximate surface area is 78.7 Å². The Bertz CT molecular complexity index is 238. The lowest BCUT2D eigenvalue weighted by Crippen LogP contribution is -2.01. The average molecular weight is 181 g/mol. The zero-order valence-corrected chi connectivity index (χ0v) is 8.08. The molecule has 0 rings (SSSR count). The van der Waals surface area contributed by atoms with Crippen LogP contribution in [0.15, 0.2) is 11.6 Å². The van der Waals surface area contributed by atoms with Crippen LogP contribution >= 0.6 is 0 Å². The summed E-state index contributed by atoms with van der Waals surface area (Å²) in [5.41, 5.74) is -0.149. The fourth-order valence-electron chi connectivity index (χ4n) is 1.05. The van der Waals surface area contributed by atoms with E-state index in [2.05, 4.69) is 6.92 Å². The van der Waals surface area contributed by atoms with Crippen LogP contribution in [-0.2, 0) is 4.79 Å². The molecule has 0 radical (unpaired) electrons. The van der Waals surface area contributed by atoms with Gasteiger partial charge in [-0.25, -0.2) is 4.79 Å². The smallest absolute Gasteiger partial charge is 0.346 e. The van der Waals surface area contributed by atoms with Gasteiger partial charge in [-0.05, 0) is 12.3 Å². The predicted molar refractivity (Wildman–Crippen MR) is 50.0 cm³/mol. The van der Waals surface area contributed by atoms with E-state index in [0.717, 1.165) is 19.3 Å². The van der Waals surface area contributed by atoms with Crippen molar-refractivity contribution < 1.29 is 9.90 Å². The number of carboxylic acids is 1. The van der Waals surface area contributed by atoms with E-state index in [-0.39, 0.29) is 11.5 Å². The third-order valence-electron chi connectivity index (χ3n) is 1.82. The molecule has 0 saturated carbocycles. The molecule has 0 aliphatic heterocycles. The van der Waals surface area contributed by atoms with Gasteiger partial charge >= 0.3 is 5.97 Å². The fraction of sp³-hybridized carbons (Fsp3) is 0.600. The van der Waals surface area contributed by atoms with Crippen molar-refractivity contribution >= 4 is 5.97 Å². The maximum atomic E-state index is 10.4. The Morgan fingerprint density at radius 1 is 1.69 bits per heavy atom. The SMILES string of the molecule is CCCCC(C)C=C(C#N)C(=O)O. The summed E-state index contributed by atoms with van der Waals surface area (Å²) in [7, 11) is 0. The van der Waals surface area contributed by atoms with Gasteiger partial charge in [-0.3, -0.25) is 0 Å². The minimum absolute atomic E-state index is 0.149. The van der Waals surface area contributed by atoms with Gasteiger partial charge in [-0.2, -0.15) is 5.26 Å². The first-order valence-corrected chi connectivity index (χ1v) is 4.47. The quantitative estimate of drug-likeness (QED) is 0.523. The maximum absolute atomic E-state index is 10.4. The molecular formula is C10H15NO2. The lowest BCUT2D eigenvalue weighted by molar-refractivity contribution is -0.132. The highest BCUT2D eigenvalue weighted by Crippen LogP contribution is 2.11. The Balaban J connectivity index is 4.19. The van der Waals surface area contributed by atoms with Gasteiger partial charge in [0.1, 0.15) is 11.6 Å². The molecule has 0 aliphatic carbocycles. The Hall–Kier alpha value is -1.30. The molecule has 0 aromatic carbocycles. The van der Waals surface area contributed by atoms with Gasteiger partial charge in [-0.1, -0.05) is 32.8 Å². The van der Waals surface area contributed by atoms with Crippen LogP contribution in [0.4, 0.5) is 0 Å². The predicted octanol–water partition coefficient (Wildman–Crippen LogP) is 2.35. The lowest BCUT2D eigenvalue weighted by Gasteiger charge is -2.03. The van der Waals surface area contributed by atoms with Crippen LogP contribution in [0, 0.1) is 17.2 Å². The van der Waals surface area contributed by atoms with E-state index in [9.17, 15) is 4.79 Å². The summed E-state index contributed by atoms with van der Waals surface area (Å²) in [4.78, 5) is 10.4. The summed E-state index contributed by atoms with van der Waals surface area (Å²) in [6.07, 6.45) is 4.62. The molecule has 0 saturated heterocycles. The highest BCUT2D eigenvalue weighted by molar-refractivity contribution is 5.90. The minimum atomic E-state index is -1.13. The molecule has 1 unspecified atom stereocenters. The summed E-state index contributed by atoms with van der Waals surface area (Å²) < 4.78 is 0. The number of allylic oxidation sites excluding steroid dienone is 1. The van der Waals surface area contributed by atoms with Crippen molar-refractivity contribution in [3.8, 4) is 6.07 Å². The van der Waals surface area contributed by atoms with Gasteiger partial charge < -0.3 is 5.11 Å². The van der Waals surface area contributed by atoms with E-state index in [1.807, 2.05) is 6.92 Å². The molecule has 1 N–H and O–H groups in total. The number of carboxylic acid groups (broad SMARTS) is 1. The monoisotopic (exact) mass is 181 g/mol.